The summed E-state index contributed by atoms with van der Waals surface area (Å²) in [4.78, 5) is 23.5. The lowest BCUT2D eigenvalue weighted by atomic mass is 9.93. The van der Waals surface area contributed by atoms with Crippen LogP contribution in [0.2, 0.25) is 0 Å². The van der Waals surface area contributed by atoms with Gasteiger partial charge in [0.15, 0.2) is 11.5 Å². The number of amides is 2. The molecule has 2 heterocycles. The van der Waals surface area contributed by atoms with Gasteiger partial charge in [-0.05, 0) is 57.1 Å². The number of ether oxygens (including phenoxy) is 3. The lowest BCUT2D eigenvalue weighted by Gasteiger charge is -2.28. The summed E-state index contributed by atoms with van der Waals surface area (Å²) in [6.45, 7) is 8.17. The van der Waals surface area contributed by atoms with E-state index >= 15 is 0 Å². The third-order valence-electron chi connectivity index (χ3n) is 6.80. The maximum atomic E-state index is 12.4. The van der Waals surface area contributed by atoms with E-state index in [1.165, 1.54) is 12.4 Å². The molecule has 218 valence electrons. The normalized spacial score (nSPS) is 14.9. The van der Waals surface area contributed by atoms with Gasteiger partial charge in [0.1, 0.15) is 23.7 Å². The van der Waals surface area contributed by atoms with Crippen LogP contribution in [-0.2, 0) is 0 Å². The molecule has 1 saturated heterocycles. The predicted molar refractivity (Wildman–Crippen MR) is 158 cm³/mol. The molecule has 0 atom stereocenters. The fourth-order valence-electron chi connectivity index (χ4n) is 4.25. The lowest BCUT2D eigenvalue weighted by molar-refractivity contribution is 0.157. The van der Waals surface area contributed by atoms with E-state index in [1.54, 1.807) is 58.2 Å². The van der Waals surface area contributed by atoms with Crippen molar-refractivity contribution in [1.82, 2.24) is 20.2 Å². The number of carbonyl (C=O) groups is 1. The molecule has 3 aromatic rings. The number of fused-ring (bicyclic) bond motifs is 1. The Labute approximate surface area is 240 Å². The Balaban J connectivity index is 1.45. The first-order chi connectivity index (χ1) is 19.5. The zero-order valence-corrected chi connectivity index (χ0v) is 24.2. The minimum absolute atomic E-state index is 0.0113. The topological polar surface area (TPSA) is 142 Å². The summed E-state index contributed by atoms with van der Waals surface area (Å²) in [7, 11) is 3.73. The van der Waals surface area contributed by atoms with Gasteiger partial charge < -0.3 is 29.5 Å². The van der Waals surface area contributed by atoms with Crippen molar-refractivity contribution in [3.8, 4) is 23.1 Å². The fourth-order valence-corrected chi connectivity index (χ4v) is 4.25. The number of allylic oxidation sites excluding steroid dienone is 1. The maximum Gasteiger partial charge on any atom is 0.324 e. The Morgan fingerprint density at radius 1 is 1.17 bits per heavy atom. The molecule has 2 amide bonds. The Kier molecular flexibility index (Phi) is 9.28. The van der Waals surface area contributed by atoms with E-state index in [2.05, 4.69) is 32.5 Å². The molecule has 2 aromatic carbocycles. The first kappa shape index (κ1) is 29.6. The van der Waals surface area contributed by atoms with Crippen molar-refractivity contribution in [1.29, 1.82) is 5.41 Å². The van der Waals surface area contributed by atoms with E-state index in [0.29, 0.717) is 52.2 Å². The van der Waals surface area contributed by atoms with Crippen LogP contribution in [0.5, 0.6) is 23.1 Å². The molecule has 4 rings (SSSR count). The number of aliphatic hydroxyl groups is 1. The number of benzene rings is 2. The van der Waals surface area contributed by atoms with Crippen molar-refractivity contribution in [2.24, 2.45) is 11.3 Å². The van der Waals surface area contributed by atoms with E-state index in [9.17, 15) is 9.90 Å². The number of nitrogens with one attached hydrogen (secondary N) is 3. The number of hydrogen-bond acceptors (Lipinski definition) is 9. The Morgan fingerprint density at radius 3 is 2.63 bits per heavy atom. The standard InChI is InChI=1S/C30H38N6O5/c1-30(2,3)26(37)16-27(31)35-29(38)34-20-7-6-8-21(13-20)41-28-22-14-24(39-5)25(15-23(22)32-18-33-28)40-17-19-9-11-36(4)12-10-19/h6-8,13-16,18-19,37H,9-12,17H2,1-5H3,(H3,31,34,35,38)/b26-16-. The van der Waals surface area contributed by atoms with E-state index in [1.807, 2.05) is 6.07 Å². The molecule has 11 heteroatoms. The van der Waals surface area contributed by atoms with Gasteiger partial charge in [0.2, 0.25) is 5.88 Å². The average Bonchev–Trinajstić information content (AvgIpc) is 2.92. The minimum Gasteiger partial charge on any atom is -0.512 e. The van der Waals surface area contributed by atoms with Crippen LogP contribution in [0.1, 0.15) is 33.6 Å². The number of rotatable bonds is 8. The molecule has 0 unspecified atom stereocenters. The van der Waals surface area contributed by atoms with Gasteiger partial charge in [0.25, 0.3) is 0 Å². The van der Waals surface area contributed by atoms with Crippen LogP contribution in [0.25, 0.3) is 10.9 Å². The van der Waals surface area contributed by atoms with Gasteiger partial charge >= 0.3 is 6.03 Å². The van der Waals surface area contributed by atoms with Crippen LogP contribution in [-0.4, -0.2) is 65.7 Å². The molecule has 0 radical (unpaired) electrons. The number of anilines is 1. The molecular formula is C30H38N6O5. The van der Waals surface area contributed by atoms with E-state index < -0.39 is 11.4 Å². The van der Waals surface area contributed by atoms with Gasteiger partial charge in [-0.3, -0.25) is 10.7 Å². The number of nitrogens with zero attached hydrogens (tertiary/aromatic N) is 3. The minimum atomic E-state index is -0.630. The summed E-state index contributed by atoms with van der Waals surface area (Å²) in [5, 5.41) is 23.7. The second-order valence-corrected chi connectivity index (χ2v) is 11.2. The molecule has 0 spiro atoms. The van der Waals surface area contributed by atoms with Crippen molar-refractivity contribution in [2.45, 2.75) is 33.6 Å². The van der Waals surface area contributed by atoms with Gasteiger partial charge in [0.05, 0.1) is 24.6 Å². The van der Waals surface area contributed by atoms with Crippen LogP contribution < -0.4 is 24.8 Å². The summed E-state index contributed by atoms with van der Waals surface area (Å²) in [6.07, 6.45) is 4.83. The highest BCUT2D eigenvalue weighted by atomic mass is 16.5. The lowest BCUT2D eigenvalue weighted by Crippen LogP contribution is -2.33. The third kappa shape index (κ3) is 8.07. The van der Waals surface area contributed by atoms with Gasteiger partial charge in [-0.15, -0.1) is 0 Å². The zero-order valence-electron chi connectivity index (χ0n) is 24.2. The van der Waals surface area contributed by atoms with Crippen molar-refractivity contribution in [2.75, 3.05) is 39.2 Å². The number of amidine groups is 1. The second kappa shape index (κ2) is 12.9. The highest BCUT2D eigenvalue weighted by Crippen LogP contribution is 2.37. The van der Waals surface area contributed by atoms with E-state index in [0.717, 1.165) is 25.9 Å². The van der Waals surface area contributed by atoms with Gasteiger partial charge in [0, 0.05) is 29.3 Å². The molecule has 4 N–H and O–H groups in total. The summed E-state index contributed by atoms with van der Waals surface area (Å²) in [5.74, 6) is 2.19. The number of methoxy groups -OCH3 is 1. The molecule has 11 nitrogen and oxygen atoms in total. The van der Waals surface area contributed by atoms with E-state index in [-0.39, 0.29) is 11.6 Å². The number of aliphatic hydroxyl groups excluding tert-OH is 1. The van der Waals surface area contributed by atoms with Crippen LogP contribution in [0.3, 0.4) is 0 Å². The van der Waals surface area contributed by atoms with Crippen LogP contribution >= 0.6 is 0 Å². The van der Waals surface area contributed by atoms with Crippen molar-refractivity contribution >= 4 is 28.5 Å². The number of aromatic nitrogens is 2. The smallest absolute Gasteiger partial charge is 0.324 e. The number of urea groups is 1. The first-order valence-corrected chi connectivity index (χ1v) is 13.5. The number of carbonyl (C=O) groups excluding carboxylic acids is 1. The van der Waals surface area contributed by atoms with Gasteiger partial charge in [-0.1, -0.05) is 26.8 Å². The van der Waals surface area contributed by atoms with Crippen LogP contribution in [0.4, 0.5) is 10.5 Å². The first-order valence-electron chi connectivity index (χ1n) is 13.5. The van der Waals surface area contributed by atoms with Crippen molar-refractivity contribution in [3.63, 3.8) is 0 Å². The summed E-state index contributed by atoms with van der Waals surface area (Å²) < 4.78 is 17.9. The largest absolute Gasteiger partial charge is 0.512 e. The van der Waals surface area contributed by atoms with Gasteiger partial charge in [-0.25, -0.2) is 14.8 Å². The van der Waals surface area contributed by atoms with E-state index in [4.69, 9.17) is 19.6 Å². The zero-order chi connectivity index (χ0) is 29.6. The third-order valence-corrected chi connectivity index (χ3v) is 6.80. The second-order valence-electron chi connectivity index (χ2n) is 11.2. The van der Waals surface area contributed by atoms with Crippen LogP contribution in [0, 0.1) is 16.7 Å². The molecule has 1 aliphatic heterocycles. The number of piperidine rings is 1. The average molecular weight is 563 g/mol. The summed E-state index contributed by atoms with van der Waals surface area (Å²) in [6, 6.07) is 9.79. The Morgan fingerprint density at radius 2 is 1.93 bits per heavy atom. The number of hydrogen-bond donors (Lipinski definition) is 4. The molecule has 1 aliphatic rings. The van der Waals surface area contributed by atoms with Crippen LogP contribution in [0.15, 0.2) is 54.6 Å². The molecule has 0 saturated carbocycles. The quantitative estimate of drug-likeness (QED) is 0.155. The Bertz CT molecular complexity index is 1430. The molecule has 1 aromatic heterocycles. The number of likely N-dealkylation sites (tertiary alicyclic amines) is 1. The van der Waals surface area contributed by atoms with Gasteiger partial charge in [-0.2, -0.15) is 0 Å². The molecule has 1 fully saturated rings. The summed E-state index contributed by atoms with van der Waals surface area (Å²) in [5.41, 5.74) is 0.553. The van der Waals surface area contributed by atoms with Crippen molar-refractivity contribution < 1.29 is 24.1 Å². The monoisotopic (exact) mass is 562 g/mol. The highest BCUT2D eigenvalue weighted by molar-refractivity contribution is 6.06. The maximum absolute atomic E-state index is 12.4. The predicted octanol–water partition coefficient (Wildman–Crippen LogP) is 5.74. The molecule has 0 bridgehead atoms. The Hall–Kier alpha value is -4.38. The molecular weight excluding hydrogens is 524 g/mol. The fraction of sp³-hybridized carbons (Fsp3) is 0.400. The summed E-state index contributed by atoms with van der Waals surface area (Å²) >= 11 is 0. The molecule has 0 aliphatic carbocycles. The van der Waals surface area contributed by atoms with Crippen molar-refractivity contribution in [3.05, 3.63) is 54.6 Å². The SMILES string of the molecule is COc1cc2c(Oc3cccc(NC(=O)NC(=N)/C=C(\O)C(C)(C)C)c3)ncnc2cc1OCC1CCN(C)CC1. The highest BCUT2D eigenvalue weighted by Gasteiger charge is 2.20. The molecule has 41 heavy (non-hydrogen) atoms.